The first kappa shape index (κ1) is 41.7. The van der Waals surface area contributed by atoms with Crippen LogP contribution >= 0.6 is 23.8 Å². The molecular weight excluding hydrogens is 734 g/mol. The third-order valence-corrected chi connectivity index (χ3v) is 8.89. The SMILES string of the molecule is CN(C)CCCN1c2ccccc2CCc2ccc(Cl)cc21.S=c1nc[nH]c2nc[nH]c12.[K+].[K+].[O]=[Cr](=[O])([O-])[O][Cr](=[O])(=[O])[O-]. The van der Waals surface area contributed by atoms with Crippen molar-refractivity contribution in [2.75, 3.05) is 32.1 Å². The topological polar surface area (TPSA) is 187 Å². The second-order valence-electron chi connectivity index (χ2n) is 8.93. The molecule has 0 bridgehead atoms. The fourth-order valence-electron chi connectivity index (χ4n) is 4.06. The van der Waals surface area contributed by atoms with Crippen LogP contribution in [0.5, 0.6) is 0 Å². The average Bonchev–Trinajstić information content (AvgIpc) is 3.30. The summed E-state index contributed by atoms with van der Waals surface area (Å²) in [6.07, 6.45) is 6.42. The van der Waals surface area contributed by atoms with Crippen molar-refractivity contribution in [2.24, 2.45) is 0 Å². The Bertz CT molecular complexity index is 1730. The van der Waals surface area contributed by atoms with E-state index in [1.54, 1.807) is 6.33 Å². The Morgan fingerprint density at radius 2 is 1.56 bits per heavy atom. The minimum absolute atomic E-state index is 0. The van der Waals surface area contributed by atoms with Crippen LogP contribution in [0.1, 0.15) is 17.5 Å². The van der Waals surface area contributed by atoms with Crippen molar-refractivity contribution >= 4 is 46.4 Å². The molecule has 0 atom stereocenters. The molecule has 13 nitrogen and oxygen atoms in total. The first-order valence-electron chi connectivity index (χ1n) is 12.0. The Labute approximate surface area is 348 Å². The molecule has 0 amide bonds. The number of nitrogens with zero attached hydrogens (tertiary/aromatic N) is 4. The average molecular weight is 761 g/mol. The van der Waals surface area contributed by atoms with E-state index in [1.165, 1.54) is 28.8 Å². The van der Waals surface area contributed by atoms with E-state index in [-0.39, 0.29) is 103 Å². The number of benzene rings is 2. The van der Waals surface area contributed by atoms with Gasteiger partial charge in [0.2, 0.25) is 0 Å². The monoisotopic (exact) mass is 760 g/mol. The zero-order chi connectivity index (χ0) is 30.2. The van der Waals surface area contributed by atoms with E-state index in [1.807, 2.05) is 6.07 Å². The molecule has 0 spiro atoms. The fraction of sp³-hybridized carbons (Fsp3) is 0.292. The Morgan fingerprint density at radius 1 is 0.953 bits per heavy atom. The van der Waals surface area contributed by atoms with E-state index in [0.717, 1.165) is 48.5 Å². The maximum absolute atomic E-state index is 9.38. The Morgan fingerprint density at radius 3 is 2.14 bits per heavy atom. The predicted molar refractivity (Wildman–Crippen MR) is 138 cm³/mol. The van der Waals surface area contributed by atoms with E-state index in [4.69, 9.17) is 23.8 Å². The molecule has 2 N–H and O–H groups in total. The fourth-order valence-corrected chi connectivity index (χ4v) is 6.06. The quantitative estimate of drug-likeness (QED) is 0.147. The number of aromatic amines is 2. The molecular formula is C24H27ClCr2K2N6O7S. The predicted octanol–water partition coefficient (Wildman–Crippen LogP) is -3.37. The number of H-pyrrole nitrogens is 2. The maximum atomic E-state index is 9.38. The number of imidazole rings is 1. The van der Waals surface area contributed by atoms with Gasteiger partial charge in [-0.2, -0.15) is 0 Å². The third kappa shape index (κ3) is 14.5. The molecule has 0 radical (unpaired) electrons. The molecule has 0 saturated heterocycles. The third-order valence-electron chi connectivity index (χ3n) is 5.67. The molecule has 0 unspecified atom stereocenters. The summed E-state index contributed by atoms with van der Waals surface area (Å²) in [5.74, 6) is 0. The molecule has 2 aromatic heterocycles. The summed E-state index contributed by atoms with van der Waals surface area (Å²) in [5.41, 5.74) is 6.97. The van der Waals surface area contributed by atoms with Crippen LogP contribution < -0.4 is 116 Å². The van der Waals surface area contributed by atoms with Gasteiger partial charge in [-0.05, 0) is 69.2 Å². The van der Waals surface area contributed by atoms with E-state index >= 15 is 0 Å². The van der Waals surface area contributed by atoms with Gasteiger partial charge < -0.3 is 19.8 Å². The van der Waals surface area contributed by atoms with Gasteiger partial charge in [-0.1, -0.05) is 48.1 Å². The molecule has 5 rings (SSSR count). The number of hydrogen-bond acceptors (Lipinski definition) is 12. The second-order valence-corrected chi connectivity index (χ2v) is 13.4. The van der Waals surface area contributed by atoms with Gasteiger partial charge in [0.05, 0.1) is 12.7 Å². The molecule has 222 valence electrons. The number of halogens is 1. The number of rotatable bonds is 6. The number of fused-ring (bicyclic) bond motifs is 3. The van der Waals surface area contributed by atoms with Gasteiger partial charge >= 0.3 is 156 Å². The molecule has 43 heavy (non-hydrogen) atoms. The Kier molecular flexibility index (Phi) is 18.9. The van der Waals surface area contributed by atoms with Crippen molar-refractivity contribution in [3.8, 4) is 0 Å². The van der Waals surface area contributed by atoms with Crippen molar-refractivity contribution in [2.45, 2.75) is 19.3 Å². The number of para-hydroxylation sites is 1. The van der Waals surface area contributed by atoms with E-state index in [0.29, 0.717) is 4.64 Å². The van der Waals surface area contributed by atoms with Crippen LogP contribution in [0, 0.1) is 4.64 Å². The second kappa shape index (κ2) is 19.5. The van der Waals surface area contributed by atoms with Crippen LogP contribution in [0.15, 0.2) is 55.1 Å². The van der Waals surface area contributed by atoms with E-state index in [2.05, 4.69) is 83.1 Å². The van der Waals surface area contributed by atoms with Crippen LogP contribution in [-0.4, -0.2) is 52.0 Å². The van der Waals surface area contributed by atoms with E-state index < -0.39 is 27.2 Å². The van der Waals surface area contributed by atoms with Crippen molar-refractivity contribution in [3.63, 3.8) is 0 Å². The van der Waals surface area contributed by atoms with Crippen LogP contribution in [0.25, 0.3) is 11.2 Å². The molecule has 4 aromatic rings. The van der Waals surface area contributed by atoms with Gasteiger partial charge in [-0.3, -0.25) is 0 Å². The number of nitrogens with one attached hydrogen (secondary N) is 2. The van der Waals surface area contributed by atoms with Crippen molar-refractivity contribution < 1.29 is 156 Å². The zero-order valence-corrected chi connectivity index (χ0v) is 34.3. The molecule has 2 aromatic carbocycles. The van der Waals surface area contributed by atoms with Gasteiger partial charge in [0.25, 0.3) is 0 Å². The van der Waals surface area contributed by atoms with Crippen LogP contribution in [0.2, 0.25) is 5.02 Å². The summed E-state index contributed by atoms with van der Waals surface area (Å²) in [7, 11) is 4.25. The van der Waals surface area contributed by atoms with Crippen LogP contribution in [-0.2, 0) is 58.1 Å². The molecule has 0 fully saturated rings. The summed E-state index contributed by atoms with van der Waals surface area (Å²) in [6.45, 7) is 2.11. The van der Waals surface area contributed by atoms with Gasteiger partial charge in [0.15, 0.2) is 10.3 Å². The number of anilines is 2. The zero-order valence-electron chi connectivity index (χ0n) is 24.0. The van der Waals surface area contributed by atoms with Crippen LogP contribution in [0.4, 0.5) is 11.4 Å². The molecule has 3 heterocycles. The summed E-state index contributed by atoms with van der Waals surface area (Å²) >= 11 is -0.964. The number of aryl methyl sites for hydroxylation is 2. The normalized spacial score (nSPS) is 12.3. The minimum atomic E-state index is -6.07. The Hall–Kier alpha value is 0.678. The van der Waals surface area contributed by atoms with Crippen molar-refractivity contribution in [1.82, 2.24) is 24.8 Å². The van der Waals surface area contributed by atoms with Crippen molar-refractivity contribution in [3.05, 3.63) is 75.9 Å². The molecule has 0 saturated carbocycles. The van der Waals surface area contributed by atoms with E-state index in [9.17, 15) is 23.5 Å². The molecule has 0 aliphatic carbocycles. The van der Waals surface area contributed by atoms with Crippen molar-refractivity contribution in [1.29, 1.82) is 0 Å². The summed E-state index contributed by atoms with van der Waals surface area (Å²) in [6, 6.07) is 15.1. The first-order chi connectivity index (χ1) is 19.2. The van der Waals surface area contributed by atoms with Gasteiger partial charge in [-0.25, -0.2) is 9.97 Å². The standard InChI is InChI=1S/C19H23ClN2.C5H4N4S.2Cr.2K.7O/c1-21(2)12-5-13-22-18-7-4-3-6-15(18)8-9-16-10-11-17(20)14-19(16)22;10-5-3-4(7-1-6-3)8-2-9-5;;;;;;;;;;;/h3-4,6-7,10-11,14H,5,8-9,12-13H2,1-2H3;1-2H,(H2,6,7,8,9,10);;;;;;;;;;;/q;;;;2*+1;;;;;;2*-1. The molecule has 19 heteroatoms. The summed E-state index contributed by atoms with van der Waals surface area (Å²) < 4.78 is 59.4. The Balaban J connectivity index is 0.000000368. The molecule has 1 aliphatic heterocycles. The summed E-state index contributed by atoms with van der Waals surface area (Å²) in [4.78, 5) is 18.2. The summed E-state index contributed by atoms with van der Waals surface area (Å²) in [5, 5.41) is 0.816. The molecule has 1 aliphatic rings. The number of hydrogen-bond donors (Lipinski definition) is 2. The van der Waals surface area contributed by atoms with Gasteiger partial charge in [-0.15, -0.1) is 0 Å². The van der Waals surface area contributed by atoms with Gasteiger partial charge in [0, 0.05) is 22.9 Å². The first-order valence-corrected chi connectivity index (χ1v) is 17.0. The van der Waals surface area contributed by atoms with Crippen LogP contribution in [0.3, 0.4) is 0 Å². The number of aromatic nitrogens is 4. The van der Waals surface area contributed by atoms with Gasteiger partial charge in [0.1, 0.15) is 5.52 Å².